The zero-order valence-corrected chi connectivity index (χ0v) is 16.3. The van der Waals surface area contributed by atoms with Gasteiger partial charge in [-0.05, 0) is 62.6 Å². The van der Waals surface area contributed by atoms with Crippen molar-refractivity contribution < 1.29 is 4.39 Å². The van der Waals surface area contributed by atoms with Crippen molar-refractivity contribution in [3.05, 3.63) is 65.5 Å². The summed E-state index contributed by atoms with van der Waals surface area (Å²) in [6, 6.07) is 9.04. The molecular formula is C21H25FN6. The van der Waals surface area contributed by atoms with Crippen LogP contribution in [0.4, 0.5) is 10.3 Å². The molecule has 3 heterocycles. The monoisotopic (exact) mass is 380 g/mol. The Balaban J connectivity index is 1.49. The van der Waals surface area contributed by atoms with E-state index in [4.69, 9.17) is 0 Å². The van der Waals surface area contributed by atoms with Gasteiger partial charge in [-0.15, -0.1) is 0 Å². The van der Waals surface area contributed by atoms with E-state index in [0.29, 0.717) is 12.6 Å². The largest absolute Gasteiger partial charge is 0.339 e. The number of halogens is 1. The summed E-state index contributed by atoms with van der Waals surface area (Å²) in [5.74, 6) is 0.535. The fourth-order valence-corrected chi connectivity index (χ4v) is 3.81. The first-order chi connectivity index (χ1) is 13.6. The van der Waals surface area contributed by atoms with Gasteiger partial charge in [0.05, 0.1) is 11.4 Å². The van der Waals surface area contributed by atoms with Crippen LogP contribution in [-0.2, 0) is 6.54 Å². The maximum absolute atomic E-state index is 13.9. The lowest BCUT2D eigenvalue weighted by molar-refractivity contribution is 0.417. The minimum Gasteiger partial charge on any atom is -0.339 e. The molecular weight excluding hydrogens is 355 g/mol. The third-order valence-electron chi connectivity index (χ3n) is 5.12. The van der Waals surface area contributed by atoms with Crippen LogP contribution < -0.4 is 10.2 Å². The molecule has 0 unspecified atom stereocenters. The average molecular weight is 380 g/mol. The van der Waals surface area contributed by atoms with Gasteiger partial charge in [-0.3, -0.25) is 0 Å². The Hall–Kier alpha value is -2.80. The molecule has 1 N–H and O–H groups in total. The standard InChI is InChI=1S/C21H25FN6/c1-15-11-16(2)28(26-15)20-7-6-18(22)12-17(20)13-25-19-5-3-10-27(14-19)21-23-8-4-9-24-21/h4,6-9,11-12,19,25H,3,5,10,13-14H2,1-2H3/t19-/m0/s1. The highest BCUT2D eigenvalue weighted by molar-refractivity contribution is 5.42. The Morgan fingerprint density at radius 1 is 1.18 bits per heavy atom. The van der Waals surface area contributed by atoms with Crippen LogP contribution in [0, 0.1) is 19.7 Å². The van der Waals surface area contributed by atoms with Crippen molar-refractivity contribution in [3.63, 3.8) is 0 Å². The number of anilines is 1. The smallest absolute Gasteiger partial charge is 0.225 e. The van der Waals surface area contributed by atoms with E-state index in [0.717, 1.165) is 54.5 Å². The first-order valence-corrected chi connectivity index (χ1v) is 9.67. The molecule has 2 aromatic heterocycles. The van der Waals surface area contributed by atoms with Crippen molar-refractivity contribution >= 4 is 5.95 Å². The first kappa shape index (κ1) is 18.6. The van der Waals surface area contributed by atoms with Crippen LogP contribution in [0.2, 0.25) is 0 Å². The molecule has 1 fully saturated rings. The predicted octanol–water partition coefficient (Wildman–Crippen LogP) is 3.18. The van der Waals surface area contributed by atoms with Gasteiger partial charge in [0.25, 0.3) is 0 Å². The minimum atomic E-state index is -0.231. The molecule has 0 radical (unpaired) electrons. The highest BCUT2D eigenvalue weighted by Crippen LogP contribution is 2.20. The van der Waals surface area contributed by atoms with Crippen molar-refractivity contribution in [2.45, 2.75) is 39.3 Å². The van der Waals surface area contributed by atoms with E-state index < -0.39 is 0 Å². The van der Waals surface area contributed by atoms with Crippen LogP contribution in [0.5, 0.6) is 0 Å². The summed E-state index contributed by atoms with van der Waals surface area (Å²) in [7, 11) is 0. The van der Waals surface area contributed by atoms with Gasteiger partial charge in [0, 0.05) is 43.8 Å². The molecule has 146 valence electrons. The highest BCUT2D eigenvalue weighted by Gasteiger charge is 2.21. The zero-order chi connectivity index (χ0) is 19.5. The lowest BCUT2D eigenvalue weighted by Crippen LogP contribution is -2.46. The number of hydrogen-bond donors (Lipinski definition) is 1. The fourth-order valence-electron chi connectivity index (χ4n) is 3.81. The Morgan fingerprint density at radius 2 is 2.00 bits per heavy atom. The summed E-state index contributed by atoms with van der Waals surface area (Å²) < 4.78 is 15.8. The van der Waals surface area contributed by atoms with Crippen LogP contribution in [0.1, 0.15) is 29.8 Å². The van der Waals surface area contributed by atoms with Gasteiger partial charge < -0.3 is 10.2 Å². The second-order valence-corrected chi connectivity index (χ2v) is 7.33. The number of hydrogen-bond acceptors (Lipinski definition) is 5. The molecule has 0 aliphatic carbocycles. The van der Waals surface area contributed by atoms with E-state index in [2.05, 4.69) is 25.3 Å². The number of aryl methyl sites for hydroxylation is 2. The molecule has 0 amide bonds. The highest BCUT2D eigenvalue weighted by atomic mass is 19.1. The third kappa shape index (κ3) is 4.04. The van der Waals surface area contributed by atoms with Gasteiger partial charge in [0.15, 0.2) is 0 Å². The summed E-state index contributed by atoms with van der Waals surface area (Å²) in [6.07, 6.45) is 5.69. The lowest BCUT2D eigenvalue weighted by Gasteiger charge is -2.33. The number of piperidine rings is 1. The number of benzene rings is 1. The molecule has 4 rings (SSSR count). The minimum absolute atomic E-state index is 0.231. The summed E-state index contributed by atoms with van der Waals surface area (Å²) in [6.45, 7) is 6.36. The molecule has 7 heteroatoms. The Bertz CT molecular complexity index is 939. The van der Waals surface area contributed by atoms with E-state index in [1.165, 1.54) is 6.07 Å². The fraction of sp³-hybridized carbons (Fsp3) is 0.381. The van der Waals surface area contributed by atoms with Crippen molar-refractivity contribution in [3.8, 4) is 5.69 Å². The van der Waals surface area contributed by atoms with Crippen LogP contribution in [0.15, 0.2) is 42.7 Å². The van der Waals surface area contributed by atoms with E-state index in [-0.39, 0.29) is 5.82 Å². The number of nitrogens with one attached hydrogen (secondary N) is 1. The summed E-state index contributed by atoms with van der Waals surface area (Å²) in [4.78, 5) is 10.9. The summed E-state index contributed by atoms with van der Waals surface area (Å²) >= 11 is 0. The van der Waals surface area contributed by atoms with Gasteiger partial charge in [-0.2, -0.15) is 5.10 Å². The molecule has 1 saturated heterocycles. The van der Waals surface area contributed by atoms with E-state index >= 15 is 0 Å². The van der Waals surface area contributed by atoms with E-state index in [9.17, 15) is 4.39 Å². The van der Waals surface area contributed by atoms with Crippen molar-refractivity contribution in [1.29, 1.82) is 0 Å². The van der Waals surface area contributed by atoms with Crippen LogP contribution >= 0.6 is 0 Å². The molecule has 1 aromatic carbocycles. The third-order valence-corrected chi connectivity index (χ3v) is 5.12. The molecule has 6 nitrogen and oxygen atoms in total. The van der Waals surface area contributed by atoms with Crippen LogP contribution in [0.3, 0.4) is 0 Å². The molecule has 0 saturated carbocycles. The van der Waals surface area contributed by atoms with E-state index in [1.807, 2.05) is 30.7 Å². The first-order valence-electron chi connectivity index (χ1n) is 9.67. The zero-order valence-electron chi connectivity index (χ0n) is 16.3. The predicted molar refractivity (Wildman–Crippen MR) is 107 cm³/mol. The maximum atomic E-state index is 13.9. The molecule has 0 bridgehead atoms. The Kier molecular flexibility index (Phi) is 5.34. The average Bonchev–Trinajstić information content (AvgIpc) is 3.05. The molecule has 1 aliphatic heterocycles. The second kappa shape index (κ2) is 8.06. The van der Waals surface area contributed by atoms with Gasteiger partial charge in [0.2, 0.25) is 5.95 Å². The van der Waals surface area contributed by atoms with Gasteiger partial charge in [0.1, 0.15) is 5.82 Å². The van der Waals surface area contributed by atoms with Crippen LogP contribution in [-0.4, -0.2) is 38.9 Å². The summed E-state index contributed by atoms with van der Waals surface area (Å²) in [5, 5.41) is 8.16. The van der Waals surface area contributed by atoms with Crippen molar-refractivity contribution in [1.82, 2.24) is 25.1 Å². The van der Waals surface area contributed by atoms with E-state index in [1.54, 1.807) is 24.5 Å². The topological polar surface area (TPSA) is 58.9 Å². The maximum Gasteiger partial charge on any atom is 0.225 e. The van der Waals surface area contributed by atoms with Gasteiger partial charge in [-0.1, -0.05) is 0 Å². The Labute approximate surface area is 164 Å². The lowest BCUT2D eigenvalue weighted by atomic mass is 10.1. The normalized spacial score (nSPS) is 17.1. The second-order valence-electron chi connectivity index (χ2n) is 7.33. The van der Waals surface area contributed by atoms with Crippen molar-refractivity contribution in [2.75, 3.05) is 18.0 Å². The number of nitrogens with zero attached hydrogens (tertiary/aromatic N) is 5. The van der Waals surface area contributed by atoms with Gasteiger partial charge >= 0.3 is 0 Å². The molecule has 1 atom stereocenters. The van der Waals surface area contributed by atoms with Crippen LogP contribution in [0.25, 0.3) is 5.69 Å². The number of rotatable bonds is 5. The molecule has 0 spiro atoms. The molecule has 3 aromatic rings. The summed E-state index contributed by atoms with van der Waals surface area (Å²) in [5.41, 5.74) is 3.81. The van der Waals surface area contributed by atoms with Gasteiger partial charge in [-0.25, -0.2) is 19.0 Å². The quantitative estimate of drug-likeness (QED) is 0.737. The SMILES string of the molecule is Cc1cc(C)n(-c2ccc(F)cc2CN[C@H]2CCCN(c3ncccn3)C2)n1. The number of aromatic nitrogens is 4. The molecule has 1 aliphatic rings. The Morgan fingerprint density at radius 3 is 2.75 bits per heavy atom. The van der Waals surface area contributed by atoms with Crippen molar-refractivity contribution in [2.24, 2.45) is 0 Å². The molecule has 28 heavy (non-hydrogen) atoms.